The first-order valence-electron chi connectivity index (χ1n) is 8.49. The average molecular weight is 375 g/mol. The van der Waals surface area contributed by atoms with Gasteiger partial charge in [-0.05, 0) is 36.8 Å². The summed E-state index contributed by atoms with van der Waals surface area (Å²) in [6, 6.07) is 11.9. The van der Waals surface area contributed by atoms with Crippen LogP contribution in [0.5, 0.6) is 11.5 Å². The van der Waals surface area contributed by atoms with Crippen LogP contribution in [-0.4, -0.2) is 21.7 Å². The van der Waals surface area contributed by atoms with Crippen LogP contribution in [0.3, 0.4) is 0 Å². The van der Waals surface area contributed by atoms with Crippen LogP contribution in [0.25, 0.3) is 21.3 Å². The van der Waals surface area contributed by atoms with E-state index in [0.717, 1.165) is 50.0 Å². The maximum absolute atomic E-state index is 5.52. The van der Waals surface area contributed by atoms with E-state index in [0.29, 0.717) is 6.54 Å². The van der Waals surface area contributed by atoms with Gasteiger partial charge in [-0.1, -0.05) is 12.1 Å². The molecule has 133 valence electrons. The fraction of sp³-hybridized carbons (Fsp3) is 0.150. The van der Waals surface area contributed by atoms with Crippen molar-refractivity contribution in [2.45, 2.75) is 13.5 Å². The Hall–Kier alpha value is -3.19. The van der Waals surface area contributed by atoms with Crippen LogP contribution in [0.2, 0.25) is 0 Å². The number of thiophene rings is 1. The van der Waals surface area contributed by atoms with E-state index in [4.69, 9.17) is 9.47 Å². The minimum atomic E-state index is 0.261. The van der Waals surface area contributed by atoms with Crippen molar-refractivity contribution in [1.82, 2.24) is 15.0 Å². The fourth-order valence-electron chi connectivity index (χ4n) is 3.11. The number of nitrogens with one attached hydrogen (secondary N) is 1. The molecule has 0 spiro atoms. The van der Waals surface area contributed by atoms with E-state index < -0.39 is 0 Å². The van der Waals surface area contributed by atoms with E-state index in [2.05, 4.69) is 32.0 Å². The standard InChI is InChI=1S/C20H15N4O2S/c1-12-3-2-4-14(24-12)8-21-19-18-15(9-27-20(18)23-10-22-19)13-5-6-16-17(7-13)26-11-25-16/h2-7,9H,8,11H2,1H3,(H,21,22,23). The van der Waals surface area contributed by atoms with Crippen molar-refractivity contribution in [3.63, 3.8) is 0 Å². The number of benzene rings is 1. The zero-order valence-corrected chi connectivity index (χ0v) is 15.3. The van der Waals surface area contributed by atoms with Crippen LogP contribution < -0.4 is 14.8 Å². The summed E-state index contributed by atoms with van der Waals surface area (Å²) in [6.07, 6.45) is 2.74. The molecule has 1 N–H and O–H groups in total. The molecule has 0 bridgehead atoms. The minimum absolute atomic E-state index is 0.261. The summed E-state index contributed by atoms with van der Waals surface area (Å²) in [4.78, 5) is 14.1. The van der Waals surface area contributed by atoms with Gasteiger partial charge in [0.1, 0.15) is 10.6 Å². The van der Waals surface area contributed by atoms with Crippen LogP contribution in [0.1, 0.15) is 11.4 Å². The molecule has 4 aromatic rings. The Labute approximate surface area is 159 Å². The van der Waals surface area contributed by atoms with Crippen molar-refractivity contribution in [3.05, 3.63) is 59.5 Å². The number of rotatable bonds is 4. The summed E-state index contributed by atoms with van der Waals surface area (Å²) in [6.45, 7) is 2.83. The highest BCUT2D eigenvalue weighted by atomic mass is 32.1. The minimum Gasteiger partial charge on any atom is -0.454 e. The fourth-order valence-corrected chi connectivity index (χ4v) is 4.01. The normalized spacial score (nSPS) is 12.5. The molecule has 1 aliphatic heterocycles. The van der Waals surface area contributed by atoms with Gasteiger partial charge in [-0.2, -0.15) is 0 Å². The molecule has 3 aromatic heterocycles. The lowest BCUT2D eigenvalue weighted by atomic mass is 10.1. The second-order valence-electron chi connectivity index (χ2n) is 6.19. The van der Waals surface area contributed by atoms with Crippen molar-refractivity contribution >= 4 is 27.4 Å². The first kappa shape index (κ1) is 16.0. The van der Waals surface area contributed by atoms with Crippen molar-refractivity contribution in [3.8, 4) is 22.6 Å². The molecule has 0 atom stereocenters. The van der Waals surface area contributed by atoms with Crippen molar-refractivity contribution < 1.29 is 9.47 Å². The number of anilines is 1. The Kier molecular flexibility index (Phi) is 3.86. The van der Waals surface area contributed by atoms with Crippen LogP contribution in [0, 0.1) is 13.3 Å². The first-order chi connectivity index (χ1) is 13.3. The number of nitrogens with zero attached hydrogens (tertiary/aromatic N) is 3. The molecule has 0 saturated carbocycles. The number of ether oxygens (including phenoxy) is 2. The van der Waals surface area contributed by atoms with Crippen molar-refractivity contribution in [2.75, 3.05) is 12.1 Å². The van der Waals surface area contributed by atoms with Gasteiger partial charge in [0, 0.05) is 16.6 Å². The van der Waals surface area contributed by atoms with Gasteiger partial charge in [0.15, 0.2) is 11.5 Å². The molecule has 1 radical (unpaired) electrons. The molecule has 6 nitrogen and oxygen atoms in total. The van der Waals surface area contributed by atoms with Gasteiger partial charge < -0.3 is 14.8 Å². The van der Waals surface area contributed by atoms with Gasteiger partial charge in [-0.3, -0.25) is 4.98 Å². The maximum Gasteiger partial charge on any atom is 0.231 e. The third-order valence-corrected chi connectivity index (χ3v) is 5.26. The molecule has 5 rings (SSSR count). The van der Waals surface area contributed by atoms with Gasteiger partial charge in [0.05, 0.1) is 17.6 Å². The lowest BCUT2D eigenvalue weighted by Crippen LogP contribution is -2.04. The lowest BCUT2D eigenvalue weighted by molar-refractivity contribution is 0.174. The number of fused-ring (bicyclic) bond motifs is 2. The molecule has 1 aliphatic rings. The quantitative estimate of drug-likeness (QED) is 0.576. The number of pyridine rings is 1. The molecule has 0 fully saturated rings. The topological polar surface area (TPSA) is 69.2 Å². The van der Waals surface area contributed by atoms with Gasteiger partial charge >= 0.3 is 0 Å². The summed E-state index contributed by atoms with van der Waals surface area (Å²) < 4.78 is 10.9. The number of hydrogen-bond donors (Lipinski definition) is 1. The summed E-state index contributed by atoms with van der Waals surface area (Å²) in [5, 5.41) is 6.45. The van der Waals surface area contributed by atoms with Gasteiger partial charge in [-0.25, -0.2) is 9.97 Å². The molecule has 4 heterocycles. The Bertz CT molecular complexity index is 1140. The van der Waals surface area contributed by atoms with E-state index in [-0.39, 0.29) is 6.79 Å². The van der Waals surface area contributed by atoms with Crippen LogP contribution in [0.15, 0.2) is 41.8 Å². The Morgan fingerprint density at radius 2 is 2.07 bits per heavy atom. The summed E-state index contributed by atoms with van der Waals surface area (Å²) >= 11 is 1.57. The molecule has 27 heavy (non-hydrogen) atoms. The highest BCUT2D eigenvalue weighted by Gasteiger charge is 2.18. The average Bonchev–Trinajstić information content (AvgIpc) is 3.32. The first-order valence-corrected chi connectivity index (χ1v) is 9.37. The smallest absolute Gasteiger partial charge is 0.231 e. The van der Waals surface area contributed by atoms with E-state index >= 15 is 0 Å². The summed E-state index contributed by atoms with van der Waals surface area (Å²) in [5.74, 6) is 2.28. The third-order valence-electron chi connectivity index (χ3n) is 4.39. The number of hydrogen-bond acceptors (Lipinski definition) is 7. The Balaban J connectivity index is 1.53. The Morgan fingerprint density at radius 1 is 1.15 bits per heavy atom. The molecule has 0 aliphatic carbocycles. The highest BCUT2D eigenvalue weighted by molar-refractivity contribution is 7.17. The SMILES string of the molecule is Cc1cccc(CNc2n[c]nc3scc(-c4ccc5c(c4)OCO5)c23)n1. The molecule has 1 aromatic carbocycles. The highest BCUT2D eigenvalue weighted by Crippen LogP contribution is 2.41. The largest absolute Gasteiger partial charge is 0.454 e. The Morgan fingerprint density at radius 3 is 3.00 bits per heavy atom. The predicted molar refractivity (Wildman–Crippen MR) is 104 cm³/mol. The van der Waals surface area contributed by atoms with Crippen LogP contribution in [-0.2, 0) is 6.54 Å². The zero-order chi connectivity index (χ0) is 18.2. The van der Waals surface area contributed by atoms with Crippen LogP contribution in [0.4, 0.5) is 5.82 Å². The molecule has 7 heteroatoms. The molecular weight excluding hydrogens is 360 g/mol. The monoisotopic (exact) mass is 375 g/mol. The zero-order valence-electron chi connectivity index (χ0n) is 14.5. The van der Waals surface area contributed by atoms with E-state index in [1.165, 1.54) is 0 Å². The summed E-state index contributed by atoms with van der Waals surface area (Å²) in [5.41, 5.74) is 4.05. The maximum atomic E-state index is 5.52. The van der Waals surface area contributed by atoms with E-state index in [9.17, 15) is 0 Å². The van der Waals surface area contributed by atoms with Gasteiger partial charge in [-0.15, -0.1) is 11.3 Å². The molecule has 0 saturated heterocycles. The van der Waals surface area contributed by atoms with Crippen molar-refractivity contribution in [1.29, 1.82) is 0 Å². The van der Waals surface area contributed by atoms with E-state index in [1.807, 2.05) is 43.3 Å². The summed E-state index contributed by atoms with van der Waals surface area (Å²) in [7, 11) is 0. The van der Waals surface area contributed by atoms with E-state index in [1.54, 1.807) is 11.3 Å². The predicted octanol–water partition coefficient (Wildman–Crippen LogP) is 4.20. The number of aryl methyl sites for hydroxylation is 1. The molecule has 0 amide bonds. The van der Waals surface area contributed by atoms with Crippen molar-refractivity contribution in [2.24, 2.45) is 0 Å². The molecule has 0 unspecified atom stereocenters. The van der Waals surface area contributed by atoms with Crippen LogP contribution >= 0.6 is 11.3 Å². The third kappa shape index (κ3) is 2.96. The van der Waals surface area contributed by atoms with Gasteiger partial charge in [0.25, 0.3) is 0 Å². The number of aromatic nitrogens is 3. The lowest BCUT2D eigenvalue weighted by Gasteiger charge is -2.09. The van der Waals surface area contributed by atoms with Gasteiger partial charge in [0.2, 0.25) is 13.1 Å². The second-order valence-corrected chi connectivity index (χ2v) is 7.05. The second kappa shape index (κ2) is 6.51. The molecular formula is C20H15N4O2S.